The number of pyridine rings is 1. The summed E-state index contributed by atoms with van der Waals surface area (Å²) in [4.78, 5) is 15.9. The molecular weight excluding hydrogens is 274 g/mol. The van der Waals surface area contributed by atoms with Crippen LogP contribution in [0.1, 0.15) is 17.2 Å². The van der Waals surface area contributed by atoms with Gasteiger partial charge in [0.25, 0.3) is 0 Å². The fraction of sp³-hybridized carbons (Fsp3) is 0.200. The van der Waals surface area contributed by atoms with E-state index in [-0.39, 0.29) is 18.5 Å². The summed E-state index contributed by atoms with van der Waals surface area (Å²) in [6, 6.07) is 11.0. The van der Waals surface area contributed by atoms with E-state index >= 15 is 0 Å². The molecule has 0 saturated carbocycles. The Morgan fingerprint density at radius 1 is 1.15 bits per heavy atom. The van der Waals surface area contributed by atoms with Crippen LogP contribution in [0.15, 0.2) is 48.8 Å². The Morgan fingerprint density at radius 3 is 2.35 bits per heavy atom. The number of rotatable bonds is 5. The van der Waals surface area contributed by atoms with Crippen molar-refractivity contribution in [1.29, 1.82) is 0 Å². The molecule has 0 aliphatic heterocycles. The third-order valence-corrected chi connectivity index (χ3v) is 3.14. The molecule has 0 saturated heterocycles. The van der Waals surface area contributed by atoms with E-state index in [0.29, 0.717) is 5.02 Å². The Balaban J connectivity index is 2.29. The van der Waals surface area contributed by atoms with Crippen molar-refractivity contribution >= 4 is 17.5 Å². The zero-order chi connectivity index (χ0) is 14.4. The van der Waals surface area contributed by atoms with Crippen LogP contribution >= 0.6 is 11.6 Å². The van der Waals surface area contributed by atoms with Gasteiger partial charge in [-0.15, -0.1) is 0 Å². The van der Waals surface area contributed by atoms with Crippen molar-refractivity contribution in [1.82, 2.24) is 15.6 Å². The first-order valence-electron chi connectivity index (χ1n) is 6.30. The predicted molar refractivity (Wildman–Crippen MR) is 79.6 cm³/mol. The molecule has 2 aromatic rings. The summed E-state index contributed by atoms with van der Waals surface area (Å²) in [5, 5.41) is 6.51. The van der Waals surface area contributed by atoms with E-state index in [1.165, 1.54) is 0 Å². The van der Waals surface area contributed by atoms with E-state index in [9.17, 15) is 4.79 Å². The Morgan fingerprint density at radius 2 is 1.75 bits per heavy atom. The van der Waals surface area contributed by atoms with Crippen LogP contribution in [-0.2, 0) is 4.79 Å². The lowest BCUT2D eigenvalue weighted by Crippen LogP contribution is -2.35. The molecule has 1 unspecified atom stereocenters. The number of nitrogens with zero attached hydrogens (tertiary/aromatic N) is 1. The van der Waals surface area contributed by atoms with Crippen LogP contribution in [0.4, 0.5) is 0 Å². The van der Waals surface area contributed by atoms with Gasteiger partial charge in [-0.25, -0.2) is 0 Å². The number of aromatic nitrogens is 1. The number of carbonyl (C=O) groups excluding carboxylic acids is 1. The molecule has 4 nitrogen and oxygen atoms in total. The molecular formula is C15H16ClN3O. The molecule has 0 aliphatic carbocycles. The van der Waals surface area contributed by atoms with E-state index < -0.39 is 0 Å². The number of hydrogen-bond acceptors (Lipinski definition) is 3. The molecule has 1 amide bonds. The number of hydrogen-bond donors (Lipinski definition) is 2. The van der Waals surface area contributed by atoms with Gasteiger partial charge in [0.05, 0.1) is 12.6 Å². The summed E-state index contributed by atoms with van der Waals surface area (Å²) in [6.07, 6.45) is 3.42. The molecule has 2 N–H and O–H groups in total. The molecule has 0 aliphatic rings. The lowest BCUT2D eigenvalue weighted by atomic mass is 9.99. The van der Waals surface area contributed by atoms with Crippen LogP contribution in [-0.4, -0.2) is 24.5 Å². The number of carbonyl (C=O) groups is 1. The van der Waals surface area contributed by atoms with Gasteiger partial charge in [0, 0.05) is 17.4 Å². The van der Waals surface area contributed by atoms with Crippen molar-refractivity contribution in [2.45, 2.75) is 6.04 Å². The number of halogens is 1. The largest absolute Gasteiger partial charge is 0.344 e. The van der Waals surface area contributed by atoms with Crippen LogP contribution in [0.5, 0.6) is 0 Å². The van der Waals surface area contributed by atoms with Gasteiger partial charge in [0.15, 0.2) is 0 Å². The normalized spacial score (nSPS) is 11.9. The molecule has 0 spiro atoms. The summed E-state index contributed by atoms with van der Waals surface area (Å²) < 4.78 is 0. The summed E-state index contributed by atoms with van der Waals surface area (Å²) in [7, 11) is 1.74. The zero-order valence-electron chi connectivity index (χ0n) is 11.1. The molecule has 0 radical (unpaired) electrons. The second-order valence-corrected chi connectivity index (χ2v) is 4.80. The summed E-state index contributed by atoms with van der Waals surface area (Å²) in [5.41, 5.74) is 1.96. The Labute approximate surface area is 123 Å². The van der Waals surface area contributed by atoms with E-state index in [2.05, 4.69) is 15.6 Å². The molecule has 1 aromatic heterocycles. The van der Waals surface area contributed by atoms with Crippen molar-refractivity contribution in [2.24, 2.45) is 0 Å². The Hall–Kier alpha value is -1.91. The van der Waals surface area contributed by atoms with Crippen molar-refractivity contribution in [3.05, 3.63) is 64.9 Å². The van der Waals surface area contributed by atoms with Crippen LogP contribution < -0.4 is 10.6 Å². The highest BCUT2D eigenvalue weighted by molar-refractivity contribution is 6.30. The first-order chi connectivity index (χ1) is 9.70. The molecule has 0 bridgehead atoms. The van der Waals surface area contributed by atoms with E-state index in [0.717, 1.165) is 11.1 Å². The maximum absolute atomic E-state index is 11.9. The van der Waals surface area contributed by atoms with E-state index in [1.807, 2.05) is 36.4 Å². The average Bonchev–Trinajstić information content (AvgIpc) is 2.47. The minimum Gasteiger partial charge on any atom is -0.344 e. The predicted octanol–water partition coefficient (Wildman–Crippen LogP) is 2.16. The maximum Gasteiger partial charge on any atom is 0.234 e. The lowest BCUT2D eigenvalue weighted by Gasteiger charge is -2.19. The van der Waals surface area contributed by atoms with Crippen molar-refractivity contribution in [3.63, 3.8) is 0 Å². The van der Waals surface area contributed by atoms with Crippen molar-refractivity contribution in [2.75, 3.05) is 13.6 Å². The first kappa shape index (κ1) is 14.5. The summed E-state index contributed by atoms with van der Waals surface area (Å²) >= 11 is 5.91. The number of nitrogens with one attached hydrogen (secondary N) is 2. The first-order valence-corrected chi connectivity index (χ1v) is 6.68. The molecule has 1 aromatic carbocycles. The van der Waals surface area contributed by atoms with Crippen LogP contribution in [0.2, 0.25) is 5.02 Å². The van der Waals surface area contributed by atoms with Crippen molar-refractivity contribution < 1.29 is 4.79 Å². The highest BCUT2D eigenvalue weighted by atomic mass is 35.5. The quantitative estimate of drug-likeness (QED) is 0.887. The molecule has 2 rings (SSSR count). The third-order valence-electron chi connectivity index (χ3n) is 2.89. The number of benzene rings is 1. The Bertz CT molecular complexity index is 557. The number of amides is 1. The second-order valence-electron chi connectivity index (χ2n) is 4.36. The monoisotopic (exact) mass is 289 g/mol. The minimum atomic E-state index is -0.212. The fourth-order valence-corrected chi connectivity index (χ4v) is 2.07. The smallest absolute Gasteiger partial charge is 0.234 e. The average molecular weight is 290 g/mol. The van der Waals surface area contributed by atoms with Crippen LogP contribution in [0, 0.1) is 0 Å². The summed E-state index contributed by atoms with van der Waals surface area (Å²) in [5.74, 6) is -0.0655. The molecule has 5 heteroatoms. The third kappa shape index (κ3) is 3.79. The zero-order valence-corrected chi connectivity index (χ0v) is 11.9. The van der Waals surface area contributed by atoms with Gasteiger partial charge in [-0.2, -0.15) is 0 Å². The highest BCUT2D eigenvalue weighted by Gasteiger charge is 2.16. The van der Waals surface area contributed by atoms with Gasteiger partial charge in [-0.3, -0.25) is 9.78 Å². The van der Waals surface area contributed by atoms with Gasteiger partial charge < -0.3 is 10.6 Å². The van der Waals surface area contributed by atoms with E-state index in [4.69, 9.17) is 11.6 Å². The number of likely N-dealkylation sites (N-methyl/N-ethyl adjacent to an activating group) is 1. The van der Waals surface area contributed by atoms with Gasteiger partial charge in [0.2, 0.25) is 5.91 Å². The van der Waals surface area contributed by atoms with Gasteiger partial charge >= 0.3 is 0 Å². The standard InChI is InChI=1S/C15H16ClN3O/c1-17-10-14(20)19-15(12-6-8-18-9-7-12)11-2-4-13(16)5-3-11/h2-9,15,17H,10H2,1H3,(H,19,20). The van der Waals surface area contributed by atoms with Gasteiger partial charge in [-0.1, -0.05) is 23.7 Å². The minimum absolute atomic E-state index is 0.0655. The maximum atomic E-state index is 11.9. The topological polar surface area (TPSA) is 54.0 Å². The SMILES string of the molecule is CNCC(=O)NC(c1ccncc1)c1ccc(Cl)cc1. The summed E-state index contributed by atoms with van der Waals surface area (Å²) in [6.45, 7) is 0.273. The van der Waals surface area contributed by atoms with Gasteiger partial charge in [0.1, 0.15) is 0 Å². The lowest BCUT2D eigenvalue weighted by molar-refractivity contribution is -0.120. The van der Waals surface area contributed by atoms with Gasteiger partial charge in [-0.05, 0) is 42.4 Å². The van der Waals surface area contributed by atoms with Crippen LogP contribution in [0.3, 0.4) is 0 Å². The molecule has 104 valence electrons. The molecule has 1 atom stereocenters. The van der Waals surface area contributed by atoms with E-state index in [1.54, 1.807) is 19.4 Å². The molecule has 1 heterocycles. The molecule has 20 heavy (non-hydrogen) atoms. The Kier molecular flexibility index (Phi) is 5.09. The second kappa shape index (κ2) is 7.03. The fourth-order valence-electron chi connectivity index (χ4n) is 1.94. The molecule has 0 fully saturated rings. The highest BCUT2D eigenvalue weighted by Crippen LogP contribution is 2.23. The van der Waals surface area contributed by atoms with Crippen LogP contribution in [0.25, 0.3) is 0 Å². The van der Waals surface area contributed by atoms with Crippen molar-refractivity contribution in [3.8, 4) is 0 Å².